The van der Waals surface area contributed by atoms with Gasteiger partial charge in [-0.15, -0.1) is 23.1 Å². The topological polar surface area (TPSA) is 32.3 Å². The molecule has 17 heavy (non-hydrogen) atoms. The molecule has 0 saturated carbocycles. The normalized spacial score (nSPS) is 25.1. The lowest BCUT2D eigenvalue weighted by Gasteiger charge is -2.20. The molecule has 1 N–H and O–H groups in total. The van der Waals surface area contributed by atoms with Crippen LogP contribution in [0.4, 0.5) is 0 Å². The number of nitrogens with one attached hydrogen (secondary N) is 1. The highest BCUT2D eigenvalue weighted by Crippen LogP contribution is 2.42. The van der Waals surface area contributed by atoms with Crippen LogP contribution in [-0.4, -0.2) is 36.2 Å². The number of nitrogens with zero attached hydrogens (tertiary/aromatic N) is 1. The van der Waals surface area contributed by atoms with Crippen molar-refractivity contribution in [3.63, 3.8) is 0 Å². The molecule has 2 atom stereocenters. The maximum atomic E-state index is 11.7. The van der Waals surface area contributed by atoms with Crippen molar-refractivity contribution in [1.29, 1.82) is 0 Å². The second-order valence-corrected chi connectivity index (χ2v) is 6.49. The molecule has 1 aromatic rings. The van der Waals surface area contributed by atoms with Crippen LogP contribution in [-0.2, 0) is 0 Å². The van der Waals surface area contributed by atoms with Gasteiger partial charge in [-0.2, -0.15) is 0 Å². The van der Waals surface area contributed by atoms with Gasteiger partial charge in [0.1, 0.15) is 0 Å². The molecule has 1 aromatic heterocycles. The fourth-order valence-corrected chi connectivity index (χ4v) is 4.52. The molecule has 3 nitrogen and oxygen atoms in total. The predicted octanol–water partition coefficient (Wildman–Crippen LogP) is 2.56. The molecule has 2 heterocycles. The number of carbonyl (C=O) groups excluding carboxylic acids is 1. The van der Waals surface area contributed by atoms with Crippen LogP contribution >= 0.6 is 23.1 Å². The summed E-state index contributed by atoms with van der Waals surface area (Å²) in [4.78, 5) is 16.2. The van der Waals surface area contributed by atoms with E-state index in [-0.39, 0.29) is 5.91 Å². The van der Waals surface area contributed by atoms with Crippen molar-refractivity contribution >= 4 is 29.0 Å². The molecule has 1 amide bonds. The number of thioether (sulfide) groups is 1. The Morgan fingerprint density at radius 3 is 2.94 bits per heavy atom. The highest BCUT2D eigenvalue weighted by molar-refractivity contribution is 7.99. The van der Waals surface area contributed by atoms with Gasteiger partial charge in [0.2, 0.25) is 0 Å². The van der Waals surface area contributed by atoms with E-state index in [0.717, 1.165) is 10.6 Å². The Morgan fingerprint density at radius 2 is 2.35 bits per heavy atom. The van der Waals surface area contributed by atoms with Crippen LogP contribution in [0.15, 0.2) is 12.1 Å². The summed E-state index contributed by atoms with van der Waals surface area (Å²) in [5, 5.41) is 3.25. The van der Waals surface area contributed by atoms with Gasteiger partial charge in [-0.05, 0) is 33.0 Å². The third kappa shape index (κ3) is 2.67. The first kappa shape index (κ1) is 12.9. The number of rotatable bonds is 3. The first-order valence-electron chi connectivity index (χ1n) is 5.85. The van der Waals surface area contributed by atoms with E-state index >= 15 is 0 Å². The summed E-state index contributed by atoms with van der Waals surface area (Å²) in [6.07, 6.45) is 0. The summed E-state index contributed by atoms with van der Waals surface area (Å²) in [6.45, 7) is 4.86. The molecular formula is C12H18N2OS2. The number of thiophene rings is 1. The maximum absolute atomic E-state index is 11.7. The molecular weight excluding hydrogens is 252 g/mol. The minimum Gasteiger partial charge on any atom is -0.352 e. The van der Waals surface area contributed by atoms with Crippen molar-refractivity contribution in [3.05, 3.63) is 21.9 Å². The molecule has 0 spiro atoms. The van der Waals surface area contributed by atoms with Crippen LogP contribution < -0.4 is 5.32 Å². The van der Waals surface area contributed by atoms with Crippen LogP contribution in [0.5, 0.6) is 0 Å². The zero-order chi connectivity index (χ0) is 12.4. The van der Waals surface area contributed by atoms with E-state index in [2.05, 4.69) is 30.3 Å². The molecule has 5 heteroatoms. The minimum atomic E-state index is 0.0439. The van der Waals surface area contributed by atoms with E-state index in [0.29, 0.717) is 18.0 Å². The van der Waals surface area contributed by atoms with Gasteiger partial charge in [-0.3, -0.25) is 9.69 Å². The number of amides is 1. The van der Waals surface area contributed by atoms with Crippen molar-refractivity contribution in [1.82, 2.24) is 10.2 Å². The standard InChI is InChI=1S/C12H18N2OS2/c1-4-13-11(15)9-5-6-10(17-9)12-14(3)8(2)7-16-12/h5-6,8,12H,4,7H2,1-3H3,(H,13,15). The fourth-order valence-electron chi connectivity index (χ4n) is 1.83. The van der Waals surface area contributed by atoms with Gasteiger partial charge < -0.3 is 5.32 Å². The Morgan fingerprint density at radius 1 is 1.59 bits per heavy atom. The average molecular weight is 270 g/mol. The third-order valence-corrected chi connectivity index (χ3v) is 5.85. The maximum Gasteiger partial charge on any atom is 0.261 e. The first-order valence-corrected chi connectivity index (χ1v) is 7.71. The average Bonchev–Trinajstić information content (AvgIpc) is 2.88. The third-order valence-electron chi connectivity index (χ3n) is 2.99. The van der Waals surface area contributed by atoms with Crippen molar-refractivity contribution < 1.29 is 4.79 Å². The second-order valence-electron chi connectivity index (χ2n) is 4.26. The van der Waals surface area contributed by atoms with Crippen LogP contribution in [0, 0.1) is 0 Å². The summed E-state index contributed by atoms with van der Waals surface area (Å²) in [5.41, 5.74) is 0. The van der Waals surface area contributed by atoms with Gasteiger partial charge in [0.15, 0.2) is 0 Å². The number of hydrogen-bond donors (Lipinski definition) is 1. The van der Waals surface area contributed by atoms with Gasteiger partial charge >= 0.3 is 0 Å². The number of hydrogen-bond acceptors (Lipinski definition) is 4. The summed E-state index contributed by atoms with van der Waals surface area (Å²) in [7, 11) is 2.15. The molecule has 2 rings (SSSR count). The van der Waals surface area contributed by atoms with E-state index in [1.54, 1.807) is 11.3 Å². The smallest absolute Gasteiger partial charge is 0.261 e. The van der Waals surface area contributed by atoms with Crippen molar-refractivity contribution in [2.75, 3.05) is 19.3 Å². The highest BCUT2D eigenvalue weighted by atomic mass is 32.2. The molecule has 1 fully saturated rings. The van der Waals surface area contributed by atoms with E-state index in [1.165, 1.54) is 4.88 Å². The van der Waals surface area contributed by atoms with Crippen molar-refractivity contribution in [3.8, 4) is 0 Å². The van der Waals surface area contributed by atoms with Crippen molar-refractivity contribution in [2.24, 2.45) is 0 Å². The Balaban J connectivity index is 2.11. The minimum absolute atomic E-state index is 0.0439. The van der Waals surface area contributed by atoms with Gasteiger partial charge in [0, 0.05) is 23.2 Å². The summed E-state index contributed by atoms with van der Waals surface area (Å²) >= 11 is 3.56. The van der Waals surface area contributed by atoms with Crippen LogP contribution in [0.3, 0.4) is 0 Å². The van der Waals surface area contributed by atoms with Crippen molar-refractivity contribution in [2.45, 2.75) is 25.3 Å². The van der Waals surface area contributed by atoms with Crippen LogP contribution in [0.1, 0.15) is 33.8 Å². The van der Waals surface area contributed by atoms with E-state index in [1.807, 2.05) is 24.8 Å². The van der Waals surface area contributed by atoms with E-state index in [4.69, 9.17) is 0 Å². The summed E-state index contributed by atoms with van der Waals surface area (Å²) < 4.78 is 0. The monoisotopic (exact) mass is 270 g/mol. The molecule has 1 aliphatic heterocycles. The quantitative estimate of drug-likeness (QED) is 0.916. The van der Waals surface area contributed by atoms with Gasteiger partial charge in [0.05, 0.1) is 10.3 Å². The zero-order valence-electron chi connectivity index (χ0n) is 10.4. The van der Waals surface area contributed by atoms with E-state index < -0.39 is 0 Å². The fraction of sp³-hybridized carbons (Fsp3) is 0.583. The van der Waals surface area contributed by atoms with E-state index in [9.17, 15) is 4.79 Å². The molecule has 0 radical (unpaired) electrons. The summed E-state index contributed by atoms with van der Waals surface area (Å²) in [6, 6.07) is 4.63. The first-order chi connectivity index (χ1) is 8.13. The Kier molecular flexibility index (Phi) is 4.12. The lowest BCUT2D eigenvalue weighted by molar-refractivity contribution is 0.0960. The molecule has 1 aliphatic rings. The zero-order valence-corrected chi connectivity index (χ0v) is 12.0. The Labute approximate surface area is 111 Å². The van der Waals surface area contributed by atoms with Crippen LogP contribution in [0.25, 0.3) is 0 Å². The van der Waals surface area contributed by atoms with Gasteiger partial charge in [-0.1, -0.05) is 0 Å². The highest BCUT2D eigenvalue weighted by Gasteiger charge is 2.30. The molecule has 0 aliphatic carbocycles. The van der Waals surface area contributed by atoms with Crippen LogP contribution in [0.2, 0.25) is 0 Å². The molecule has 94 valence electrons. The SMILES string of the molecule is CCNC(=O)c1ccc(C2SCC(C)N2C)s1. The molecule has 0 aromatic carbocycles. The predicted molar refractivity (Wildman–Crippen MR) is 74.8 cm³/mol. The lowest BCUT2D eigenvalue weighted by atomic mass is 10.3. The van der Waals surface area contributed by atoms with Gasteiger partial charge in [0.25, 0.3) is 5.91 Å². The lowest BCUT2D eigenvalue weighted by Crippen LogP contribution is -2.25. The number of carbonyl (C=O) groups is 1. The second kappa shape index (κ2) is 5.42. The molecule has 0 bridgehead atoms. The molecule has 1 saturated heterocycles. The van der Waals surface area contributed by atoms with Gasteiger partial charge in [-0.25, -0.2) is 0 Å². The largest absolute Gasteiger partial charge is 0.352 e. The Bertz CT molecular complexity index is 405. The molecule has 2 unspecified atom stereocenters. The summed E-state index contributed by atoms with van der Waals surface area (Å²) in [5.74, 6) is 1.21. The Hall–Kier alpha value is -0.520.